The number of amides is 1. The molecule has 1 aliphatic rings. The normalized spacial score (nSPS) is 16.5. The van der Waals surface area contributed by atoms with E-state index in [1.54, 1.807) is 18.4 Å². The molecule has 136 valence electrons. The zero-order valence-corrected chi connectivity index (χ0v) is 17.6. The van der Waals surface area contributed by atoms with E-state index in [0.717, 1.165) is 42.6 Å². The third kappa shape index (κ3) is 6.52. The van der Waals surface area contributed by atoms with Crippen molar-refractivity contribution in [2.45, 2.75) is 39.3 Å². The quantitative estimate of drug-likeness (QED) is 0.342. The summed E-state index contributed by atoms with van der Waals surface area (Å²) in [4.78, 5) is 23.1. The molecule has 24 heavy (non-hydrogen) atoms. The highest BCUT2D eigenvalue weighted by Gasteiger charge is 2.20. The number of aliphatic imine (C=N–C) groups is 1. The van der Waals surface area contributed by atoms with Crippen molar-refractivity contribution in [3.8, 4) is 0 Å². The molecule has 2 heterocycles. The SMILES string of the molecule is CN=C(NCc1nc(C)c(C)s1)NC1CCN(CC(N)=O)CC1.I. The summed E-state index contributed by atoms with van der Waals surface area (Å²) in [5.41, 5.74) is 6.33. The molecule has 1 aromatic heterocycles. The van der Waals surface area contributed by atoms with E-state index < -0.39 is 0 Å². The van der Waals surface area contributed by atoms with E-state index >= 15 is 0 Å². The second-order valence-corrected chi connectivity index (χ2v) is 7.12. The van der Waals surface area contributed by atoms with Gasteiger partial charge in [-0.25, -0.2) is 4.98 Å². The minimum Gasteiger partial charge on any atom is -0.369 e. The number of nitrogens with two attached hydrogens (primary N) is 1. The molecule has 1 aromatic rings. The van der Waals surface area contributed by atoms with Gasteiger partial charge in [-0.05, 0) is 26.7 Å². The minimum absolute atomic E-state index is 0. The molecule has 2 rings (SSSR count). The molecular weight excluding hydrogens is 439 g/mol. The van der Waals surface area contributed by atoms with Gasteiger partial charge in [-0.15, -0.1) is 35.3 Å². The fourth-order valence-corrected chi connectivity index (χ4v) is 3.49. The van der Waals surface area contributed by atoms with Crippen LogP contribution in [0.4, 0.5) is 0 Å². The van der Waals surface area contributed by atoms with Gasteiger partial charge < -0.3 is 16.4 Å². The number of nitrogens with one attached hydrogen (secondary N) is 2. The van der Waals surface area contributed by atoms with E-state index in [-0.39, 0.29) is 29.9 Å². The van der Waals surface area contributed by atoms with Crippen molar-refractivity contribution >= 4 is 47.2 Å². The standard InChI is InChI=1S/C15H26N6OS.HI/c1-10-11(2)23-14(19-10)8-18-15(17-3)20-12-4-6-21(7-5-12)9-13(16)22;/h12H,4-9H2,1-3H3,(H2,16,22)(H2,17,18,20);1H. The highest BCUT2D eigenvalue weighted by Crippen LogP contribution is 2.16. The molecule has 0 aromatic carbocycles. The van der Waals surface area contributed by atoms with E-state index in [4.69, 9.17) is 5.73 Å². The summed E-state index contributed by atoms with van der Waals surface area (Å²) in [6.45, 7) is 6.90. The fourth-order valence-electron chi connectivity index (χ4n) is 2.62. The molecule has 7 nitrogen and oxygen atoms in total. The average molecular weight is 466 g/mol. The zero-order valence-electron chi connectivity index (χ0n) is 14.5. The summed E-state index contributed by atoms with van der Waals surface area (Å²) in [7, 11) is 1.77. The maximum Gasteiger partial charge on any atom is 0.231 e. The molecule has 1 saturated heterocycles. The second-order valence-electron chi connectivity index (χ2n) is 5.84. The van der Waals surface area contributed by atoms with Crippen LogP contribution in [0.25, 0.3) is 0 Å². The van der Waals surface area contributed by atoms with Gasteiger partial charge in [0.25, 0.3) is 0 Å². The molecule has 0 spiro atoms. The summed E-state index contributed by atoms with van der Waals surface area (Å²) in [6.07, 6.45) is 1.95. The predicted octanol–water partition coefficient (Wildman–Crippen LogP) is 0.993. The Labute approximate surface area is 164 Å². The lowest BCUT2D eigenvalue weighted by atomic mass is 10.1. The number of hydrogen-bond donors (Lipinski definition) is 3. The number of aryl methyl sites for hydroxylation is 2. The Morgan fingerprint density at radius 2 is 2.08 bits per heavy atom. The van der Waals surface area contributed by atoms with Crippen LogP contribution < -0.4 is 16.4 Å². The van der Waals surface area contributed by atoms with Crippen LogP contribution in [0.3, 0.4) is 0 Å². The maximum atomic E-state index is 10.9. The monoisotopic (exact) mass is 466 g/mol. The van der Waals surface area contributed by atoms with E-state index in [9.17, 15) is 4.79 Å². The number of piperidine rings is 1. The van der Waals surface area contributed by atoms with Crippen LogP contribution in [0.15, 0.2) is 4.99 Å². The van der Waals surface area contributed by atoms with Crippen molar-refractivity contribution in [1.29, 1.82) is 0 Å². The second kappa shape index (κ2) is 10.1. The molecule has 1 aliphatic heterocycles. The van der Waals surface area contributed by atoms with Crippen molar-refractivity contribution in [2.24, 2.45) is 10.7 Å². The van der Waals surface area contributed by atoms with Gasteiger partial charge in [0, 0.05) is 31.1 Å². The number of guanidine groups is 1. The molecule has 0 aliphatic carbocycles. The number of aromatic nitrogens is 1. The lowest BCUT2D eigenvalue weighted by Crippen LogP contribution is -2.49. The first-order valence-corrected chi connectivity index (χ1v) is 8.70. The Bertz CT molecular complexity index is 549. The van der Waals surface area contributed by atoms with Crippen molar-refractivity contribution in [2.75, 3.05) is 26.7 Å². The van der Waals surface area contributed by atoms with Crippen LogP contribution in [0.2, 0.25) is 0 Å². The number of carbonyl (C=O) groups excluding carboxylic acids is 1. The predicted molar refractivity (Wildman–Crippen MR) is 109 cm³/mol. The van der Waals surface area contributed by atoms with Crippen LogP contribution >= 0.6 is 35.3 Å². The van der Waals surface area contributed by atoms with Gasteiger partial charge in [-0.1, -0.05) is 0 Å². The molecule has 0 unspecified atom stereocenters. The lowest BCUT2D eigenvalue weighted by molar-refractivity contribution is -0.119. The molecule has 1 fully saturated rings. The fraction of sp³-hybridized carbons (Fsp3) is 0.667. The number of thiazole rings is 1. The van der Waals surface area contributed by atoms with E-state index in [1.165, 1.54) is 4.88 Å². The van der Waals surface area contributed by atoms with Gasteiger partial charge in [-0.2, -0.15) is 0 Å². The van der Waals surface area contributed by atoms with Crippen molar-refractivity contribution in [1.82, 2.24) is 20.5 Å². The molecule has 0 radical (unpaired) electrons. The van der Waals surface area contributed by atoms with Crippen LogP contribution in [-0.4, -0.2) is 54.5 Å². The Kier molecular flexibility index (Phi) is 8.92. The Hall–Kier alpha value is -0.940. The van der Waals surface area contributed by atoms with Crippen LogP contribution in [-0.2, 0) is 11.3 Å². The number of primary amides is 1. The maximum absolute atomic E-state index is 10.9. The van der Waals surface area contributed by atoms with Gasteiger partial charge in [0.1, 0.15) is 5.01 Å². The minimum atomic E-state index is -0.261. The van der Waals surface area contributed by atoms with Gasteiger partial charge >= 0.3 is 0 Å². The van der Waals surface area contributed by atoms with Crippen LogP contribution in [0.1, 0.15) is 28.4 Å². The largest absolute Gasteiger partial charge is 0.369 e. The average Bonchev–Trinajstić information content (AvgIpc) is 2.83. The topological polar surface area (TPSA) is 95.6 Å². The molecule has 0 atom stereocenters. The highest BCUT2D eigenvalue weighted by atomic mass is 127. The number of hydrogen-bond acceptors (Lipinski definition) is 5. The van der Waals surface area contributed by atoms with Crippen molar-refractivity contribution < 1.29 is 4.79 Å². The molecule has 9 heteroatoms. The summed E-state index contributed by atoms with van der Waals surface area (Å²) in [5, 5.41) is 7.83. The lowest BCUT2D eigenvalue weighted by Gasteiger charge is -2.32. The summed E-state index contributed by atoms with van der Waals surface area (Å²) in [6, 6.07) is 0.366. The van der Waals surface area contributed by atoms with Gasteiger partial charge in [0.15, 0.2) is 5.96 Å². The number of carbonyl (C=O) groups is 1. The summed E-state index contributed by atoms with van der Waals surface area (Å²) >= 11 is 1.71. The summed E-state index contributed by atoms with van der Waals surface area (Å²) < 4.78 is 0. The molecule has 0 saturated carbocycles. The number of nitrogens with zero attached hydrogens (tertiary/aromatic N) is 3. The first-order valence-electron chi connectivity index (χ1n) is 7.88. The highest BCUT2D eigenvalue weighted by molar-refractivity contribution is 14.0. The third-order valence-corrected chi connectivity index (χ3v) is 5.08. The zero-order chi connectivity index (χ0) is 16.8. The number of rotatable bonds is 5. The Morgan fingerprint density at radius 3 is 2.58 bits per heavy atom. The van der Waals surface area contributed by atoms with E-state index in [1.807, 2.05) is 6.92 Å². The number of halogens is 1. The molecule has 1 amide bonds. The third-order valence-electron chi connectivity index (χ3n) is 4.01. The first-order chi connectivity index (χ1) is 11.0. The Morgan fingerprint density at radius 1 is 1.42 bits per heavy atom. The summed E-state index contributed by atoms with van der Waals surface area (Å²) in [5.74, 6) is 0.534. The van der Waals surface area contributed by atoms with Crippen molar-refractivity contribution in [3.05, 3.63) is 15.6 Å². The van der Waals surface area contributed by atoms with Crippen LogP contribution in [0, 0.1) is 13.8 Å². The van der Waals surface area contributed by atoms with Crippen LogP contribution in [0.5, 0.6) is 0 Å². The van der Waals surface area contributed by atoms with E-state index in [0.29, 0.717) is 19.1 Å². The Balaban J connectivity index is 0.00000288. The smallest absolute Gasteiger partial charge is 0.231 e. The van der Waals surface area contributed by atoms with Gasteiger partial charge in [0.05, 0.1) is 18.8 Å². The van der Waals surface area contributed by atoms with Crippen molar-refractivity contribution in [3.63, 3.8) is 0 Å². The van der Waals surface area contributed by atoms with E-state index in [2.05, 4.69) is 32.4 Å². The number of likely N-dealkylation sites (tertiary alicyclic amines) is 1. The molecular formula is C15H27IN6OS. The van der Waals surface area contributed by atoms with Gasteiger partial charge in [-0.3, -0.25) is 14.7 Å². The van der Waals surface area contributed by atoms with Gasteiger partial charge in [0.2, 0.25) is 5.91 Å². The first kappa shape index (κ1) is 21.1. The molecule has 0 bridgehead atoms. The molecule has 4 N–H and O–H groups in total.